The Morgan fingerprint density at radius 1 is 1.27 bits per heavy atom. The largest absolute Gasteiger partial charge is 0.304 e. The van der Waals surface area contributed by atoms with Crippen molar-refractivity contribution >= 4 is 28.7 Å². The number of hydrogen-bond acceptors (Lipinski definition) is 4. The summed E-state index contributed by atoms with van der Waals surface area (Å²) in [6, 6.07) is 11.7. The Morgan fingerprint density at radius 3 is 2.73 bits per heavy atom. The van der Waals surface area contributed by atoms with Crippen LogP contribution in [0.2, 0.25) is 0 Å². The normalized spacial score (nSPS) is 20.9. The number of hydrogen-bond donors (Lipinski definition) is 1. The molecule has 1 saturated heterocycles. The van der Waals surface area contributed by atoms with Gasteiger partial charge in [0.2, 0.25) is 5.91 Å². The maximum atomic E-state index is 13.0. The summed E-state index contributed by atoms with van der Waals surface area (Å²) in [4.78, 5) is 20.6. The molecule has 1 aliphatic heterocycles. The van der Waals surface area contributed by atoms with E-state index in [0.29, 0.717) is 11.0 Å². The second-order valence-corrected chi connectivity index (χ2v) is 6.10. The Morgan fingerprint density at radius 2 is 2.05 bits per heavy atom. The minimum atomic E-state index is -0.284. The standard InChI is InChI=1S/C16H14FN3OS/c1-10(11-5-7-12(17)8-6-11)14-15(21)20-16(22-14)19-13-4-2-3-9-18-13/h2-10,14H,1H3,(H,18,19,20,21). The van der Waals surface area contributed by atoms with E-state index in [-0.39, 0.29) is 22.9 Å². The zero-order valence-electron chi connectivity index (χ0n) is 11.9. The van der Waals surface area contributed by atoms with E-state index in [1.165, 1.54) is 23.9 Å². The van der Waals surface area contributed by atoms with Crippen LogP contribution in [-0.2, 0) is 4.79 Å². The molecule has 2 atom stereocenters. The van der Waals surface area contributed by atoms with Crippen molar-refractivity contribution in [3.05, 3.63) is 60.0 Å². The quantitative estimate of drug-likeness (QED) is 0.946. The summed E-state index contributed by atoms with van der Waals surface area (Å²) in [5, 5.41) is 3.03. The van der Waals surface area contributed by atoms with Crippen LogP contribution in [0.1, 0.15) is 18.4 Å². The van der Waals surface area contributed by atoms with Gasteiger partial charge in [0, 0.05) is 12.1 Å². The van der Waals surface area contributed by atoms with Gasteiger partial charge in [-0.3, -0.25) is 4.79 Å². The number of pyridine rings is 1. The molecule has 22 heavy (non-hydrogen) atoms. The number of carbonyl (C=O) groups is 1. The summed E-state index contributed by atoms with van der Waals surface area (Å²) >= 11 is 1.38. The second kappa shape index (κ2) is 6.27. The zero-order chi connectivity index (χ0) is 15.5. The van der Waals surface area contributed by atoms with Crippen LogP contribution in [0.15, 0.2) is 53.7 Å². The second-order valence-electron chi connectivity index (χ2n) is 4.97. The minimum Gasteiger partial charge on any atom is -0.304 e. The molecule has 4 nitrogen and oxygen atoms in total. The lowest BCUT2D eigenvalue weighted by atomic mass is 9.97. The Bertz CT molecular complexity index is 703. The molecule has 0 radical (unpaired) electrons. The molecule has 1 aromatic heterocycles. The first-order valence-electron chi connectivity index (χ1n) is 6.86. The van der Waals surface area contributed by atoms with Gasteiger partial charge < -0.3 is 5.32 Å². The number of aliphatic imine (C=N–C) groups is 1. The van der Waals surface area contributed by atoms with Gasteiger partial charge in [0.15, 0.2) is 11.0 Å². The molecule has 1 amide bonds. The zero-order valence-corrected chi connectivity index (χ0v) is 12.7. The van der Waals surface area contributed by atoms with Crippen molar-refractivity contribution in [3.63, 3.8) is 0 Å². The number of aromatic nitrogens is 1. The van der Waals surface area contributed by atoms with Crippen LogP contribution in [0.25, 0.3) is 0 Å². The van der Waals surface area contributed by atoms with E-state index in [1.54, 1.807) is 24.4 Å². The smallest absolute Gasteiger partial charge is 0.240 e. The minimum absolute atomic E-state index is 0.0398. The first kappa shape index (κ1) is 14.7. The van der Waals surface area contributed by atoms with Gasteiger partial charge in [-0.1, -0.05) is 36.9 Å². The first-order chi connectivity index (χ1) is 10.6. The van der Waals surface area contributed by atoms with Gasteiger partial charge in [0.05, 0.1) is 5.25 Å². The first-order valence-corrected chi connectivity index (χ1v) is 7.74. The van der Waals surface area contributed by atoms with Gasteiger partial charge in [-0.25, -0.2) is 14.4 Å². The van der Waals surface area contributed by atoms with Crippen LogP contribution in [0.3, 0.4) is 0 Å². The fraction of sp³-hybridized carbons (Fsp3) is 0.188. The predicted octanol–water partition coefficient (Wildman–Crippen LogP) is 3.24. The SMILES string of the molecule is CC(c1ccc(F)cc1)C1S/C(=N/c2ccccn2)NC1=O. The molecule has 2 aromatic rings. The lowest BCUT2D eigenvalue weighted by Crippen LogP contribution is -2.27. The number of carbonyl (C=O) groups excluding carboxylic acids is 1. The maximum Gasteiger partial charge on any atom is 0.240 e. The molecule has 0 spiro atoms. The van der Waals surface area contributed by atoms with E-state index < -0.39 is 0 Å². The predicted molar refractivity (Wildman–Crippen MR) is 85.7 cm³/mol. The summed E-state index contributed by atoms with van der Waals surface area (Å²) in [5.41, 5.74) is 0.924. The number of rotatable bonds is 3. The van der Waals surface area contributed by atoms with Gasteiger partial charge in [0.25, 0.3) is 0 Å². The van der Waals surface area contributed by atoms with Crippen LogP contribution in [0, 0.1) is 5.82 Å². The summed E-state index contributed by atoms with van der Waals surface area (Å²) in [7, 11) is 0. The van der Waals surface area contributed by atoms with Crippen molar-refractivity contribution in [2.75, 3.05) is 0 Å². The third kappa shape index (κ3) is 3.17. The van der Waals surface area contributed by atoms with Crippen molar-refractivity contribution in [1.82, 2.24) is 10.3 Å². The van der Waals surface area contributed by atoms with Crippen LogP contribution in [0.5, 0.6) is 0 Å². The lowest BCUT2D eigenvalue weighted by molar-refractivity contribution is -0.119. The Hall–Kier alpha value is -2.21. The van der Waals surface area contributed by atoms with Crippen LogP contribution in [-0.4, -0.2) is 21.3 Å². The van der Waals surface area contributed by atoms with Crippen LogP contribution in [0.4, 0.5) is 10.2 Å². The van der Waals surface area contributed by atoms with E-state index in [2.05, 4.69) is 15.3 Å². The Kier molecular flexibility index (Phi) is 4.20. The number of amidine groups is 1. The Labute approximate surface area is 131 Å². The van der Waals surface area contributed by atoms with E-state index in [0.717, 1.165) is 5.56 Å². The van der Waals surface area contributed by atoms with E-state index in [9.17, 15) is 9.18 Å². The van der Waals surface area contributed by atoms with Gasteiger partial charge in [0.1, 0.15) is 5.82 Å². The van der Waals surface area contributed by atoms with Crippen molar-refractivity contribution in [2.45, 2.75) is 18.1 Å². The third-order valence-electron chi connectivity index (χ3n) is 3.44. The molecule has 0 saturated carbocycles. The number of nitrogens with zero attached hydrogens (tertiary/aromatic N) is 2. The van der Waals surface area contributed by atoms with E-state index in [4.69, 9.17) is 0 Å². The number of halogens is 1. The molecule has 0 bridgehead atoms. The summed E-state index contributed by atoms with van der Waals surface area (Å²) in [6.45, 7) is 1.95. The molecule has 3 rings (SSSR count). The van der Waals surface area contributed by atoms with Gasteiger partial charge >= 0.3 is 0 Å². The van der Waals surface area contributed by atoms with E-state index in [1.807, 2.05) is 19.1 Å². The summed E-state index contributed by atoms with van der Waals surface area (Å²) in [6.07, 6.45) is 1.65. The topological polar surface area (TPSA) is 54.4 Å². The van der Waals surface area contributed by atoms with Crippen molar-refractivity contribution in [3.8, 4) is 0 Å². The van der Waals surface area contributed by atoms with Crippen LogP contribution >= 0.6 is 11.8 Å². The molecule has 1 fully saturated rings. The monoisotopic (exact) mass is 315 g/mol. The average Bonchev–Trinajstić information content (AvgIpc) is 2.89. The highest BCUT2D eigenvalue weighted by atomic mass is 32.2. The summed E-state index contributed by atoms with van der Waals surface area (Å²) < 4.78 is 13.0. The molecule has 1 N–H and O–H groups in total. The lowest BCUT2D eigenvalue weighted by Gasteiger charge is -2.15. The third-order valence-corrected chi connectivity index (χ3v) is 4.74. The van der Waals surface area contributed by atoms with Crippen molar-refractivity contribution < 1.29 is 9.18 Å². The van der Waals surface area contributed by atoms with Crippen molar-refractivity contribution in [1.29, 1.82) is 0 Å². The average molecular weight is 315 g/mol. The fourth-order valence-corrected chi connectivity index (χ4v) is 3.30. The molecule has 1 aliphatic rings. The molecule has 0 aliphatic carbocycles. The van der Waals surface area contributed by atoms with Gasteiger partial charge in [-0.15, -0.1) is 0 Å². The highest BCUT2D eigenvalue weighted by molar-refractivity contribution is 8.15. The Balaban J connectivity index is 1.77. The summed E-state index contributed by atoms with van der Waals surface area (Å²) in [5.74, 6) is 0.149. The molecule has 1 aromatic carbocycles. The van der Waals surface area contributed by atoms with Crippen LogP contribution < -0.4 is 5.32 Å². The number of amides is 1. The van der Waals surface area contributed by atoms with Gasteiger partial charge in [-0.2, -0.15) is 0 Å². The molecule has 2 heterocycles. The molecular weight excluding hydrogens is 301 g/mol. The molecular formula is C16H14FN3OS. The maximum absolute atomic E-state index is 13.0. The van der Waals surface area contributed by atoms with Crippen molar-refractivity contribution in [2.24, 2.45) is 4.99 Å². The molecule has 6 heteroatoms. The molecule has 112 valence electrons. The molecule has 2 unspecified atom stereocenters. The van der Waals surface area contributed by atoms with Gasteiger partial charge in [-0.05, 0) is 29.8 Å². The highest BCUT2D eigenvalue weighted by Gasteiger charge is 2.35. The number of thioether (sulfide) groups is 1. The van der Waals surface area contributed by atoms with E-state index >= 15 is 0 Å². The number of nitrogens with one attached hydrogen (secondary N) is 1. The highest BCUT2D eigenvalue weighted by Crippen LogP contribution is 2.33. The number of benzene rings is 1. The fourth-order valence-electron chi connectivity index (χ4n) is 2.23.